The molecule has 1 aliphatic heterocycles. The fourth-order valence-corrected chi connectivity index (χ4v) is 2.50. The van der Waals surface area contributed by atoms with Gasteiger partial charge in [-0.1, -0.05) is 42.5 Å². The number of morpholine rings is 1. The standard InChI is InChI=1S/C18H26N4O2.HI/c1-14(2)12-20-18(19)21-13-16(15-6-4-3-5-7-15)17(23)22-8-10-24-11-9-22;/h3-7,16H,1,8-13H2,2H3,(H3,19,20,21);1H. The lowest BCUT2D eigenvalue weighted by Crippen LogP contribution is -2.44. The summed E-state index contributed by atoms with van der Waals surface area (Å²) in [5.74, 6) is 0.0594. The molecule has 0 radical (unpaired) electrons. The molecule has 0 spiro atoms. The second-order valence-corrected chi connectivity index (χ2v) is 5.94. The monoisotopic (exact) mass is 458 g/mol. The van der Waals surface area contributed by atoms with Crippen LogP contribution in [0.4, 0.5) is 0 Å². The maximum Gasteiger partial charge on any atom is 0.232 e. The van der Waals surface area contributed by atoms with Gasteiger partial charge >= 0.3 is 0 Å². The maximum absolute atomic E-state index is 12.9. The van der Waals surface area contributed by atoms with Gasteiger partial charge in [0.25, 0.3) is 0 Å². The number of hydrogen-bond donors (Lipinski definition) is 2. The minimum absolute atomic E-state index is 0. The van der Waals surface area contributed by atoms with Crippen LogP contribution in [0.2, 0.25) is 0 Å². The van der Waals surface area contributed by atoms with E-state index in [1.807, 2.05) is 42.2 Å². The van der Waals surface area contributed by atoms with Crippen molar-refractivity contribution in [2.45, 2.75) is 12.8 Å². The zero-order valence-corrected chi connectivity index (χ0v) is 16.9. The first-order chi connectivity index (χ1) is 11.6. The van der Waals surface area contributed by atoms with Crippen molar-refractivity contribution in [2.24, 2.45) is 10.7 Å². The number of carbonyl (C=O) groups excluding carboxylic acids is 1. The minimum Gasteiger partial charge on any atom is -0.378 e. The normalized spacial score (nSPS) is 15.9. The first-order valence-corrected chi connectivity index (χ1v) is 8.17. The Hall–Kier alpha value is -1.61. The molecule has 6 nitrogen and oxygen atoms in total. The topological polar surface area (TPSA) is 79.9 Å². The molecule has 1 saturated heterocycles. The number of amides is 1. The Morgan fingerprint density at radius 1 is 1.36 bits per heavy atom. The molecule has 1 heterocycles. The lowest BCUT2D eigenvalue weighted by atomic mass is 9.97. The van der Waals surface area contributed by atoms with E-state index in [0.717, 1.165) is 11.1 Å². The van der Waals surface area contributed by atoms with Gasteiger partial charge in [0.2, 0.25) is 5.91 Å². The molecule has 0 bridgehead atoms. The van der Waals surface area contributed by atoms with Crippen LogP contribution < -0.4 is 11.1 Å². The molecule has 3 N–H and O–H groups in total. The summed E-state index contributed by atoms with van der Waals surface area (Å²) < 4.78 is 5.33. The zero-order valence-electron chi connectivity index (χ0n) is 14.6. The number of nitrogens with one attached hydrogen (secondary N) is 1. The van der Waals surface area contributed by atoms with E-state index in [-0.39, 0.29) is 35.8 Å². The highest BCUT2D eigenvalue weighted by atomic mass is 127. The molecule has 138 valence electrons. The summed E-state index contributed by atoms with van der Waals surface area (Å²) in [7, 11) is 0. The van der Waals surface area contributed by atoms with Crippen LogP contribution in [0, 0.1) is 0 Å². The van der Waals surface area contributed by atoms with Gasteiger partial charge in [-0.3, -0.25) is 9.79 Å². The van der Waals surface area contributed by atoms with E-state index in [2.05, 4.69) is 16.9 Å². The van der Waals surface area contributed by atoms with E-state index >= 15 is 0 Å². The molecule has 1 atom stereocenters. The van der Waals surface area contributed by atoms with Crippen LogP contribution in [0.5, 0.6) is 0 Å². The molecule has 1 aliphatic rings. The lowest BCUT2D eigenvalue weighted by molar-refractivity contribution is -0.136. The molecule has 1 unspecified atom stereocenters. The number of hydrogen-bond acceptors (Lipinski definition) is 3. The third-order valence-electron chi connectivity index (χ3n) is 3.84. The van der Waals surface area contributed by atoms with Crippen molar-refractivity contribution in [3.8, 4) is 0 Å². The van der Waals surface area contributed by atoms with Gasteiger partial charge in [-0.2, -0.15) is 0 Å². The molecular weight excluding hydrogens is 431 g/mol. The van der Waals surface area contributed by atoms with Crippen LogP contribution in [0.25, 0.3) is 0 Å². The van der Waals surface area contributed by atoms with Crippen LogP contribution >= 0.6 is 24.0 Å². The van der Waals surface area contributed by atoms with Gasteiger partial charge in [-0.15, -0.1) is 24.0 Å². The SMILES string of the molecule is C=C(C)CNC(N)=NCC(C(=O)N1CCOCC1)c1ccccc1.I. The predicted molar refractivity (Wildman–Crippen MR) is 111 cm³/mol. The molecule has 0 aromatic heterocycles. The highest BCUT2D eigenvalue weighted by Crippen LogP contribution is 2.20. The summed E-state index contributed by atoms with van der Waals surface area (Å²) in [5, 5.41) is 2.99. The van der Waals surface area contributed by atoms with Gasteiger partial charge in [-0.25, -0.2) is 0 Å². The first-order valence-electron chi connectivity index (χ1n) is 8.17. The fraction of sp³-hybridized carbons (Fsp3) is 0.444. The molecule has 2 rings (SSSR count). The van der Waals surface area contributed by atoms with E-state index in [4.69, 9.17) is 10.5 Å². The van der Waals surface area contributed by atoms with Gasteiger partial charge in [0.1, 0.15) is 0 Å². The van der Waals surface area contributed by atoms with Crippen LogP contribution in [0.1, 0.15) is 18.4 Å². The molecular formula is C18H27IN4O2. The number of ether oxygens (including phenoxy) is 1. The van der Waals surface area contributed by atoms with Gasteiger partial charge in [0, 0.05) is 19.6 Å². The highest BCUT2D eigenvalue weighted by molar-refractivity contribution is 14.0. The Kier molecular flexibility index (Phi) is 9.51. The van der Waals surface area contributed by atoms with Crippen LogP contribution in [0.3, 0.4) is 0 Å². The number of guanidine groups is 1. The molecule has 0 aliphatic carbocycles. The average Bonchev–Trinajstić information content (AvgIpc) is 2.61. The van der Waals surface area contributed by atoms with Gasteiger partial charge < -0.3 is 20.7 Å². The number of carbonyl (C=O) groups is 1. The smallest absolute Gasteiger partial charge is 0.232 e. The summed E-state index contributed by atoms with van der Waals surface area (Å²) in [6.07, 6.45) is 0. The molecule has 1 fully saturated rings. The third kappa shape index (κ3) is 7.03. The Morgan fingerprint density at radius 2 is 2.00 bits per heavy atom. The highest BCUT2D eigenvalue weighted by Gasteiger charge is 2.27. The second kappa shape index (κ2) is 11.1. The van der Waals surface area contributed by atoms with Crippen LogP contribution in [-0.4, -0.2) is 56.2 Å². The Morgan fingerprint density at radius 3 is 2.60 bits per heavy atom. The van der Waals surface area contributed by atoms with Crippen molar-refractivity contribution in [1.29, 1.82) is 0 Å². The number of nitrogens with zero attached hydrogens (tertiary/aromatic N) is 2. The fourth-order valence-electron chi connectivity index (χ4n) is 2.50. The molecule has 7 heteroatoms. The van der Waals surface area contributed by atoms with Gasteiger partial charge in [0.15, 0.2) is 5.96 Å². The maximum atomic E-state index is 12.9. The summed E-state index contributed by atoms with van der Waals surface area (Å²) in [6.45, 7) is 9.02. The van der Waals surface area contributed by atoms with Crippen molar-refractivity contribution >= 4 is 35.8 Å². The van der Waals surface area contributed by atoms with Gasteiger partial charge in [-0.05, 0) is 12.5 Å². The minimum atomic E-state index is -0.338. The van der Waals surface area contributed by atoms with Crippen molar-refractivity contribution in [3.05, 3.63) is 48.0 Å². The van der Waals surface area contributed by atoms with E-state index in [0.29, 0.717) is 45.4 Å². The first kappa shape index (κ1) is 21.4. The Bertz CT molecular complexity index is 586. The molecule has 25 heavy (non-hydrogen) atoms. The zero-order chi connectivity index (χ0) is 17.4. The third-order valence-corrected chi connectivity index (χ3v) is 3.84. The summed E-state index contributed by atoms with van der Waals surface area (Å²) >= 11 is 0. The Balaban J connectivity index is 0.00000312. The van der Waals surface area contributed by atoms with Crippen LogP contribution in [-0.2, 0) is 9.53 Å². The van der Waals surface area contributed by atoms with Gasteiger partial charge in [0.05, 0.1) is 25.7 Å². The molecule has 1 aromatic rings. The van der Waals surface area contributed by atoms with Crippen LogP contribution in [0.15, 0.2) is 47.5 Å². The van der Waals surface area contributed by atoms with Crippen molar-refractivity contribution < 1.29 is 9.53 Å². The van der Waals surface area contributed by atoms with Crippen molar-refractivity contribution in [2.75, 3.05) is 39.4 Å². The van der Waals surface area contributed by atoms with Crippen molar-refractivity contribution in [3.63, 3.8) is 0 Å². The average molecular weight is 458 g/mol. The number of aliphatic imine (C=N–C) groups is 1. The van der Waals surface area contributed by atoms with E-state index in [9.17, 15) is 4.79 Å². The number of rotatable bonds is 6. The summed E-state index contributed by atoms with van der Waals surface area (Å²) in [6, 6.07) is 9.71. The van der Waals surface area contributed by atoms with Crippen molar-refractivity contribution in [1.82, 2.24) is 10.2 Å². The number of nitrogens with two attached hydrogens (primary N) is 1. The second-order valence-electron chi connectivity index (χ2n) is 5.94. The van der Waals surface area contributed by atoms with E-state index < -0.39 is 0 Å². The predicted octanol–water partition coefficient (Wildman–Crippen LogP) is 1.73. The summed E-state index contributed by atoms with van der Waals surface area (Å²) in [5.41, 5.74) is 7.80. The number of benzene rings is 1. The molecule has 0 saturated carbocycles. The quantitative estimate of drug-likeness (QED) is 0.295. The Labute approximate surface area is 166 Å². The van der Waals surface area contributed by atoms with E-state index in [1.165, 1.54) is 0 Å². The van der Waals surface area contributed by atoms with E-state index in [1.54, 1.807) is 0 Å². The largest absolute Gasteiger partial charge is 0.378 e. The lowest BCUT2D eigenvalue weighted by Gasteiger charge is -2.30. The molecule has 1 aromatic carbocycles. The number of halogens is 1. The molecule has 1 amide bonds. The summed E-state index contributed by atoms with van der Waals surface area (Å²) in [4.78, 5) is 19.1.